The Hall–Kier alpha value is -2.74. The number of ether oxygens (including phenoxy) is 1. The Morgan fingerprint density at radius 2 is 2.30 bits per heavy atom. The Morgan fingerprint density at radius 3 is 3.10 bits per heavy atom. The fraction of sp³-hybridized carbons (Fsp3) is 0.200. The van der Waals surface area contributed by atoms with Crippen molar-refractivity contribution in [3.8, 4) is 11.8 Å². The summed E-state index contributed by atoms with van der Waals surface area (Å²) in [5.41, 5.74) is 7.75. The molecule has 100 valence electrons. The number of benzene rings is 1. The van der Waals surface area contributed by atoms with Gasteiger partial charge in [0.25, 0.3) is 0 Å². The van der Waals surface area contributed by atoms with Gasteiger partial charge in [-0.25, -0.2) is 4.98 Å². The molecule has 5 nitrogen and oxygen atoms in total. The number of hydrogen-bond acceptors (Lipinski definition) is 5. The van der Waals surface area contributed by atoms with Crippen molar-refractivity contribution in [3.05, 3.63) is 47.7 Å². The maximum atomic E-state index is 9.06. The number of hydrogen-bond donors (Lipinski definition) is 2. The first-order valence-corrected chi connectivity index (χ1v) is 6.40. The van der Waals surface area contributed by atoms with E-state index in [1.807, 2.05) is 18.2 Å². The van der Waals surface area contributed by atoms with Gasteiger partial charge in [-0.15, -0.1) is 0 Å². The molecule has 0 bridgehead atoms. The topological polar surface area (TPSA) is 84.0 Å². The highest BCUT2D eigenvalue weighted by Crippen LogP contribution is 2.28. The van der Waals surface area contributed by atoms with Crippen LogP contribution in [0.4, 0.5) is 11.5 Å². The predicted octanol–water partition coefficient (Wildman–Crippen LogP) is 1.95. The average molecular weight is 266 g/mol. The quantitative estimate of drug-likeness (QED) is 0.887. The summed E-state index contributed by atoms with van der Waals surface area (Å²) in [7, 11) is 0. The van der Waals surface area contributed by atoms with Crippen molar-refractivity contribution in [2.24, 2.45) is 0 Å². The summed E-state index contributed by atoms with van der Waals surface area (Å²) < 4.78 is 5.83. The van der Waals surface area contributed by atoms with Crippen LogP contribution in [0, 0.1) is 11.3 Å². The molecule has 3 N–H and O–H groups in total. The number of rotatable bonds is 3. The Kier molecular flexibility index (Phi) is 3.13. The van der Waals surface area contributed by atoms with Crippen molar-refractivity contribution in [1.82, 2.24) is 4.98 Å². The van der Waals surface area contributed by atoms with Crippen LogP contribution in [0.3, 0.4) is 0 Å². The first-order chi connectivity index (χ1) is 9.76. The fourth-order valence-corrected chi connectivity index (χ4v) is 2.29. The summed E-state index contributed by atoms with van der Waals surface area (Å²) in [5.74, 6) is 1.48. The van der Waals surface area contributed by atoms with Gasteiger partial charge >= 0.3 is 0 Å². The normalized spacial score (nSPS) is 16.1. The Morgan fingerprint density at radius 1 is 1.45 bits per heavy atom. The van der Waals surface area contributed by atoms with Gasteiger partial charge in [-0.3, -0.25) is 0 Å². The SMILES string of the molecule is N#Cc1cc(N)cnc1NCC1Cc2ccccc2O1. The minimum atomic E-state index is 0.0540. The highest BCUT2D eigenvalue weighted by atomic mass is 16.5. The lowest BCUT2D eigenvalue weighted by molar-refractivity contribution is 0.246. The van der Waals surface area contributed by atoms with Gasteiger partial charge < -0.3 is 15.8 Å². The first-order valence-electron chi connectivity index (χ1n) is 6.40. The Balaban J connectivity index is 1.66. The van der Waals surface area contributed by atoms with E-state index < -0.39 is 0 Å². The largest absolute Gasteiger partial charge is 0.488 e. The van der Waals surface area contributed by atoms with Gasteiger partial charge in [0.05, 0.1) is 24.0 Å². The zero-order chi connectivity index (χ0) is 13.9. The molecular weight excluding hydrogens is 252 g/mol. The standard InChI is InChI=1S/C15H14N4O/c16-7-11-5-12(17)8-18-15(11)19-9-13-6-10-3-1-2-4-14(10)20-13/h1-5,8,13H,6,9,17H2,(H,18,19). The number of nitriles is 1. The summed E-state index contributed by atoms with van der Waals surface area (Å²) >= 11 is 0. The van der Waals surface area contributed by atoms with Crippen molar-refractivity contribution in [2.75, 3.05) is 17.6 Å². The number of nitrogens with two attached hydrogens (primary N) is 1. The molecular formula is C15H14N4O. The second-order valence-corrected chi connectivity index (χ2v) is 4.71. The first kappa shape index (κ1) is 12.3. The molecule has 1 aromatic carbocycles. The molecule has 1 aliphatic heterocycles. The van der Waals surface area contributed by atoms with E-state index in [9.17, 15) is 0 Å². The van der Waals surface area contributed by atoms with E-state index >= 15 is 0 Å². The van der Waals surface area contributed by atoms with Crippen LogP contribution in [0.25, 0.3) is 0 Å². The molecule has 3 rings (SSSR count). The van der Waals surface area contributed by atoms with Crippen LogP contribution in [0.5, 0.6) is 5.75 Å². The molecule has 0 fully saturated rings. The van der Waals surface area contributed by atoms with Crippen LogP contribution in [-0.2, 0) is 6.42 Å². The highest BCUT2D eigenvalue weighted by molar-refractivity contribution is 5.57. The summed E-state index contributed by atoms with van der Waals surface area (Å²) in [6.45, 7) is 0.597. The highest BCUT2D eigenvalue weighted by Gasteiger charge is 2.22. The third-order valence-electron chi connectivity index (χ3n) is 3.24. The van der Waals surface area contributed by atoms with Gasteiger partial charge in [-0.05, 0) is 17.7 Å². The molecule has 0 radical (unpaired) electrons. The third kappa shape index (κ3) is 2.36. The van der Waals surface area contributed by atoms with Crippen molar-refractivity contribution in [1.29, 1.82) is 5.26 Å². The van der Waals surface area contributed by atoms with Crippen LogP contribution in [0.15, 0.2) is 36.5 Å². The van der Waals surface area contributed by atoms with Gasteiger partial charge in [0.2, 0.25) is 0 Å². The maximum absolute atomic E-state index is 9.06. The van der Waals surface area contributed by atoms with E-state index in [0.717, 1.165) is 12.2 Å². The van der Waals surface area contributed by atoms with Gasteiger partial charge in [0.15, 0.2) is 0 Å². The van der Waals surface area contributed by atoms with E-state index in [0.29, 0.717) is 23.6 Å². The fourth-order valence-electron chi connectivity index (χ4n) is 2.29. The summed E-state index contributed by atoms with van der Waals surface area (Å²) in [6, 6.07) is 11.7. The van der Waals surface area contributed by atoms with Crippen molar-refractivity contribution < 1.29 is 4.74 Å². The Bertz CT molecular complexity index is 653. The number of anilines is 2. The molecule has 0 saturated heterocycles. The van der Waals surface area contributed by atoms with Gasteiger partial charge in [0, 0.05) is 6.42 Å². The van der Waals surface area contributed by atoms with E-state index in [-0.39, 0.29) is 6.10 Å². The molecule has 0 amide bonds. The van der Waals surface area contributed by atoms with Crippen LogP contribution < -0.4 is 15.8 Å². The molecule has 2 aromatic rings. The molecule has 0 aliphatic carbocycles. The summed E-state index contributed by atoms with van der Waals surface area (Å²) in [4.78, 5) is 4.14. The second-order valence-electron chi connectivity index (χ2n) is 4.71. The van der Waals surface area contributed by atoms with Gasteiger partial charge in [-0.2, -0.15) is 5.26 Å². The number of fused-ring (bicyclic) bond motifs is 1. The number of pyridine rings is 1. The zero-order valence-electron chi connectivity index (χ0n) is 10.8. The summed E-state index contributed by atoms with van der Waals surface area (Å²) in [6.07, 6.45) is 2.45. The maximum Gasteiger partial charge on any atom is 0.144 e. The molecule has 20 heavy (non-hydrogen) atoms. The number of nitrogens with zero attached hydrogens (tertiary/aromatic N) is 2. The predicted molar refractivity (Wildman–Crippen MR) is 76.4 cm³/mol. The summed E-state index contributed by atoms with van der Waals surface area (Å²) in [5, 5.41) is 12.2. The number of nitrogens with one attached hydrogen (secondary N) is 1. The van der Waals surface area contributed by atoms with Gasteiger partial charge in [-0.1, -0.05) is 18.2 Å². The molecule has 5 heteroatoms. The van der Waals surface area contributed by atoms with Crippen LogP contribution in [-0.4, -0.2) is 17.6 Å². The van der Waals surface area contributed by atoms with Crippen LogP contribution in [0.1, 0.15) is 11.1 Å². The van der Waals surface area contributed by atoms with Crippen molar-refractivity contribution in [3.63, 3.8) is 0 Å². The van der Waals surface area contributed by atoms with E-state index in [1.165, 1.54) is 11.8 Å². The minimum absolute atomic E-state index is 0.0540. The second kappa shape index (κ2) is 5.10. The smallest absolute Gasteiger partial charge is 0.144 e. The van der Waals surface area contributed by atoms with E-state index in [4.69, 9.17) is 15.7 Å². The lowest BCUT2D eigenvalue weighted by atomic mass is 10.1. The molecule has 1 aromatic heterocycles. The zero-order valence-corrected chi connectivity index (χ0v) is 10.8. The third-order valence-corrected chi connectivity index (χ3v) is 3.24. The number of nitrogen functional groups attached to an aromatic ring is 1. The molecule has 2 heterocycles. The van der Waals surface area contributed by atoms with Crippen molar-refractivity contribution in [2.45, 2.75) is 12.5 Å². The van der Waals surface area contributed by atoms with Crippen LogP contribution >= 0.6 is 0 Å². The number of para-hydroxylation sites is 1. The molecule has 1 atom stereocenters. The van der Waals surface area contributed by atoms with Crippen molar-refractivity contribution >= 4 is 11.5 Å². The van der Waals surface area contributed by atoms with E-state index in [2.05, 4.69) is 22.4 Å². The minimum Gasteiger partial charge on any atom is -0.488 e. The lowest BCUT2D eigenvalue weighted by Crippen LogP contribution is -2.24. The average Bonchev–Trinajstić information content (AvgIpc) is 2.88. The molecule has 1 aliphatic rings. The van der Waals surface area contributed by atoms with E-state index in [1.54, 1.807) is 6.07 Å². The molecule has 1 unspecified atom stereocenters. The van der Waals surface area contributed by atoms with Gasteiger partial charge in [0.1, 0.15) is 23.7 Å². The molecule has 0 spiro atoms. The molecule has 0 saturated carbocycles. The Labute approximate surface area is 117 Å². The van der Waals surface area contributed by atoms with Crippen LogP contribution in [0.2, 0.25) is 0 Å². The lowest BCUT2D eigenvalue weighted by Gasteiger charge is -2.13. The monoisotopic (exact) mass is 266 g/mol. The number of aromatic nitrogens is 1.